The van der Waals surface area contributed by atoms with Crippen molar-refractivity contribution in [3.8, 4) is 11.5 Å². The molecule has 0 aliphatic rings. The topological polar surface area (TPSA) is 105 Å². The number of hydrogen-bond donors (Lipinski definition) is 1. The molecule has 0 aliphatic heterocycles. The lowest BCUT2D eigenvalue weighted by Gasteiger charge is -2.32. The molecule has 41 heavy (non-hydrogen) atoms. The quantitative estimate of drug-likeness (QED) is 0.318. The van der Waals surface area contributed by atoms with E-state index < -0.39 is 28.5 Å². The highest BCUT2D eigenvalue weighted by Gasteiger charge is 2.32. The van der Waals surface area contributed by atoms with E-state index in [4.69, 9.17) is 9.47 Å². The lowest BCUT2D eigenvalue weighted by molar-refractivity contribution is -0.139. The molecule has 0 radical (unpaired) electrons. The number of methoxy groups -OCH3 is 1. The highest BCUT2D eigenvalue weighted by atomic mass is 32.2. The third-order valence-corrected chi connectivity index (χ3v) is 8.22. The smallest absolute Gasteiger partial charge is 0.264 e. The lowest BCUT2D eigenvalue weighted by atomic mass is 10.1. The van der Waals surface area contributed by atoms with Gasteiger partial charge in [-0.15, -0.1) is 0 Å². The Morgan fingerprint density at radius 2 is 1.46 bits per heavy atom. The van der Waals surface area contributed by atoms with E-state index in [-0.39, 0.29) is 23.4 Å². The van der Waals surface area contributed by atoms with Gasteiger partial charge in [-0.2, -0.15) is 0 Å². The minimum absolute atomic E-state index is 0.0154. The maximum Gasteiger partial charge on any atom is 0.264 e. The van der Waals surface area contributed by atoms with Crippen LogP contribution in [0.5, 0.6) is 11.5 Å². The van der Waals surface area contributed by atoms with Crippen LogP contribution in [0.15, 0.2) is 77.7 Å². The molecule has 0 spiro atoms. The molecular weight excluding hydrogens is 542 g/mol. The predicted octanol–water partition coefficient (Wildman–Crippen LogP) is 4.54. The molecule has 0 saturated heterocycles. The Balaban J connectivity index is 2.01. The van der Waals surface area contributed by atoms with Crippen LogP contribution in [0, 0.1) is 6.92 Å². The second-order valence-corrected chi connectivity index (χ2v) is 11.8. The first kappa shape index (κ1) is 31.5. The van der Waals surface area contributed by atoms with Crippen LogP contribution in [0.25, 0.3) is 0 Å². The third kappa shape index (κ3) is 8.23. The zero-order valence-electron chi connectivity index (χ0n) is 24.5. The fourth-order valence-electron chi connectivity index (χ4n) is 4.16. The Morgan fingerprint density at radius 3 is 2.00 bits per heavy atom. The number of carbonyl (C=O) groups is 2. The monoisotopic (exact) mass is 581 g/mol. The molecule has 0 aliphatic carbocycles. The highest BCUT2D eigenvalue weighted by molar-refractivity contribution is 7.92. The average Bonchev–Trinajstić information content (AvgIpc) is 2.95. The Hall–Kier alpha value is -4.05. The Bertz CT molecular complexity index is 1410. The summed E-state index contributed by atoms with van der Waals surface area (Å²) in [5, 5.41) is 2.85. The van der Waals surface area contributed by atoms with E-state index in [0.717, 1.165) is 15.4 Å². The van der Waals surface area contributed by atoms with Crippen LogP contribution < -0.4 is 19.1 Å². The summed E-state index contributed by atoms with van der Waals surface area (Å²) in [7, 11) is -2.60. The molecule has 0 fully saturated rings. The first-order chi connectivity index (χ1) is 19.5. The van der Waals surface area contributed by atoms with Gasteiger partial charge in [0.05, 0.1) is 24.3 Å². The van der Waals surface area contributed by atoms with Crippen molar-refractivity contribution in [1.82, 2.24) is 10.2 Å². The number of carbonyl (C=O) groups excluding carboxylic acids is 2. The molecular formula is C31H39N3O6S. The van der Waals surface area contributed by atoms with Crippen molar-refractivity contribution in [3.05, 3.63) is 83.9 Å². The molecule has 9 nitrogen and oxygen atoms in total. The second-order valence-electron chi connectivity index (χ2n) is 9.96. The van der Waals surface area contributed by atoms with Crippen LogP contribution in [0.1, 0.15) is 38.8 Å². The van der Waals surface area contributed by atoms with Gasteiger partial charge in [0.15, 0.2) is 0 Å². The first-order valence-electron chi connectivity index (χ1n) is 13.5. The molecule has 0 saturated carbocycles. The minimum Gasteiger partial charge on any atom is -0.497 e. The molecule has 2 amide bonds. The van der Waals surface area contributed by atoms with Crippen molar-refractivity contribution in [3.63, 3.8) is 0 Å². The number of nitrogens with one attached hydrogen (secondary N) is 1. The standard InChI is InChI=1S/C31H39N3O6S/c1-7-40-28-16-18-29(19-17-28)41(37,38)34(26-12-8-23(4)9-13-26)21-30(35)33(24(5)31(36)32-22(2)3)20-25-10-14-27(39-6)15-11-25/h8-19,22,24H,7,20-21H2,1-6H3,(H,32,36)/t24-/m0/s1. The van der Waals surface area contributed by atoms with Gasteiger partial charge in [-0.3, -0.25) is 13.9 Å². The Labute approximate surface area is 243 Å². The molecule has 0 aromatic heterocycles. The van der Waals surface area contributed by atoms with Crippen molar-refractivity contribution in [2.24, 2.45) is 0 Å². The minimum atomic E-state index is -4.16. The van der Waals surface area contributed by atoms with E-state index in [9.17, 15) is 18.0 Å². The van der Waals surface area contributed by atoms with Gasteiger partial charge in [0.25, 0.3) is 10.0 Å². The molecule has 3 aromatic rings. The SMILES string of the molecule is CCOc1ccc(S(=O)(=O)N(CC(=O)N(Cc2ccc(OC)cc2)[C@@H](C)C(=O)NC(C)C)c2ccc(C)cc2)cc1. The van der Waals surface area contributed by atoms with Gasteiger partial charge in [0, 0.05) is 12.6 Å². The molecule has 1 atom stereocenters. The van der Waals surface area contributed by atoms with E-state index in [1.54, 1.807) is 74.7 Å². The fraction of sp³-hybridized carbons (Fsp3) is 0.355. The van der Waals surface area contributed by atoms with Crippen LogP contribution in [0.3, 0.4) is 0 Å². The van der Waals surface area contributed by atoms with E-state index in [2.05, 4.69) is 5.32 Å². The number of aryl methyl sites for hydroxylation is 1. The molecule has 0 heterocycles. The van der Waals surface area contributed by atoms with Gasteiger partial charge in [-0.05, 0) is 88.7 Å². The van der Waals surface area contributed by atoms with Gasteiger partial charge in [-0.25, -0.2) is 8.42 Å². The number of amides is 2. The maximum atomic E-state index is 14.0. The zero-order valence-corrected chi connectivity index (χ0v) is 25.3. The number of benzene rings is 3. The molecule has 0 unspecified atom stereocenters. The molecule has 220 valence electrons. The van der Waals surface area contributed by atoms with Gasteiger partial charge < -0.3 is 19.7 Å². The summed E-state index contributed by atoms with van der Waals surface area (Å²) in [6.07, 6.45) is 0. The summed E-state index contributed by atoms with van der Waals surface area (Å²) >= 11 is 0. The van der Waals surface area contributed by atoms with E-state index in [1.165, 1.54) is 17.0 Å². The van der Waals surface area contributed by atoms with Gasteiger partial charge in [0.1, 0.15) is 24.1 Å². The largest absolute Gasteiger partial charge is 0.497 e. The number of ether oxygens (including phenoxy) is 2. The molecule has 10 heteroatoms. The normalized spacial score (nSPS) is 12.0. The van der Waals surface area contributed by atoms with Gasteiger partial charge >= 0.3 is 0 Å². The van der Waals surface area contributed by atoms with Crippen LogP contribution in [0.2, 0.25) is 0 Å². The number of sulfonamides is 1. The van der Waals surface area contributed by atoms with Gasteiger partial charge in [0.2, 0.25) is 11.8 Å². The summed E-state index contributed by atoms with van der Waals surface area (Å²) in [4.78, 5) is 28.4. The summed E-state index contributed by atoms with van der Waals surface area (Å²) in [5.74, 6) is 0.338. The lowest BCUT2D eigenvalue weighted by Crippen LogP contribution is -2.52. The van der Waals surface area contributed by atoms with Crippen molar-refractivity contribution in [2.75, 3.05) is 24.6 Å². The zero-order chi connectivity index (χ0) is 30.2. The fourth-order valence-corrected chi connectivity index (χ4v) is 5.57. The highest BCUT2D eigenvalue weighted by Crippen LogP contribution is 2.26. The van der Waals surface area contributed by atoms with Crippen molar-refractivity contribution in [2.45, 2.75) is 58.1 Å². The van der Waals surface area contributed by atoms with Crippen molar-refractivity contribution in [1.29, 1.82) is 0 Å². The van der Waals surface area contributed by atoms with Gasteiger partial charge in [-0.1, -0.05) is 29.8 Å². The van der Waals surface area contributed by atoms with Crippen LogP contribution in [-0.2, 0) is 26.2 Å². The van der Waals surface area contributed by atoms with Crippen LogP contribution in [-0.4, -0.2) is 57.5 Å². The van der Waals surface area contributed by atoms with Crippen molar-refractivity contribution < 1.29 is 27.5 Å². The third-order valence-electron chi connectivity index (χ3n) is 6.43. The first-order valence-corrected chi connectivity index (χ1v) is 14.9. The molecule has 3 aromatic carbocycles. The van der Waals surface area contributed by atoms with Crippen molar-refractivity contribution >= 4 is 27.5 Å². The maximum absolute atomic E-state index is 14.0. The summed E-state index contributed by atoms with van der Waals surface area (Å²) < 4.78 is 39.7. The van der Waals surface area contributed by atoms with E-state index >= 15 is 0 Å². The number of anilines is 1. The Morgan fingerprint density at radius 1 is 0.878 bits per heavy atom. The summed E-state index contributed by atoms with van der Waals surface area (Å²) in [5.41, 5.74) is 2.04. The number of rotatable bonds is 13. The Kier molecular flexibility index (Phi) is 10.8. The predicted molar refractivity (Wildman–Crippen MR) is 160 cm³/mol. The number of hydrogen-bond acceptors (Lipinski definition) is 6. The number of nitrogens with zero attached hydrogens (tertiary/aromatic N) is 2. The van der Waals surface area contributed by atoms with Crippen LogP contribution >= 0.6 is 0 Å². The molecule has 3 rings (SSSR count). The van der Waals surface area contributed by atoms with E-state index in [0.29, 0.717) is 23.8 Å². The summed E-state index contributed by atoms with van der Waals surface area (Å²) in [6, 6.07) is 19.1. The summed E-state index contributed by atoms with van der Waals surface area (Å²) in [6.45, 7) is 9.08. The molecule has 0 bridgehead atoms. The van der Waals surface area contributed by atoms with E-state index in [1.807, 2.05) is 27.7 Å². The average molecular weight is 582 g/mol. The second kappa shape index (κ2) is 14.0. The molecule has 1 N–H and O–H groups in total. The van der Waals surface area contributed by atoms with Crippen LogP contribution in [0.4, 0.5) is 5.69 Å².